The Kier molecular flexibility index (Phi) is 3.50. The third-order valence-corrected chi connectivity index (χ3v) is 2.46. The van der Waals surface area contributed by atoms with Crippen LogP contribution in [0.3, 0.4) is 0 Å². The first-order valence-corrected chi connectivity index (χ1v) is 4.47. The van der Waals surface area contributed by atoms with Crippen molar-refractivity contribution in [2.45, 2.75) is 25.9 Å². The Morgan fingerprint density at radius 3 is 3.00 bits per heavy atom. The van der Waals surface area contributed by atoms with Crippen molar-refractivity contribution < 1.29 is 9.94 Å². The van der Waals surface area contributed by atoms with Crippen molar-refractivity contribution in [1.82, 2.24) is 4.90 Å². The second-order valence-corrected chi connectivity index (χ2v) is 3.36. The number of nitrogens with zero attached hydrogens (tertiary/aromatic N) is 2. The lowest BCUT2D eigenvalue weighted by Crippen LogP contribution is -2.52. The standard InChI is InChI=1S/C8H17N3O2/c1-6-5-13-4-3-11(6)7(2)8(9)10-12/h6-7,12H,3-5H2,1-2H3,(H2,9,10). The predicted octanol–water partition coefficient (Wildman–Crippen LogP) is -0.158. The topological polar surface area (TPSA) is 71.1 Å². The molecule has 0 bridgehead atoms. The van der Waals surface area contributed by atoms with E-state index in [-0.39, 0.29) is 11.9 Å². The summed E-state index contributed by atoms with van der Waals surface area (Å²) in [7, 11) is 0. The van der Waals surface area contributed by atoms with Crippen LogP contribution in [0.4, 0.5) is 0 Å². The monoisotopic (exact) mass is 187 g/mol. The number of hydrogen-bond acceptors (Lipinski definition) is 4. The van der Waals surface area contributed by atoms with Crippen LogP contribution in [-0.2, 0) is 4.74 Å². The number of rotatable bonds is 2. The van der Waals surface area contributed by atoms with E-state index in [1.165, 1.54) is 0 Å². The number of ether oxygens (including phenoxy) is 1. The van der Waals surface area contributed by atoms with E-state index in [0.29, 0.717) is 19.3 Å². The van der Waals surface area contributed by atoms with Crippen LogP contribution in [0.25, 0.3) is 0 Å². The average molecular weight is 187 g/mol. The maximum atomic E-state index is 8.53. The van der Waals surface area contributed by atoms with Crippen LogP contribution in [0, 0.1) is 0 Å². The summed E-state index contributed by atoms with van der Waals surface area (Å²) < 4.78 is 5.29. The maximum Gasteiger partial charge on any atom is 0.156 e. The molecule has 0 amide bonds. The fourth-order valence-electron chi connectivity index (χ4n) is 1.57. The van der Waals surface area contributed by atoms with Crippen molar-refractivity contribution >= 4 is 5.84 Å². The van der Waals surface area contributed by atoms with Crippen LogP contribution < -0.4 is 5.73 Å². The van der Waals surface area contributed by atoms with Crippen LogP contribution >= 0.6 is 0 Å². The van der Waals surface area contributed by atoms with Gasteiger partial charge in [0.25, 0.3) is 0 Å². The molecular formula is C8H17N3O2. The van der Waals surface area contributed by atoms with Gasteiger partial charge < -0.3 is 15.7 Å². The molecule has 2 atom stereocenters. The van der Waals surface area contributed by atoms with E-state index in [9.17, 15) is 0 Å². The van der Waals surface area contributed by atoms with Crippen LogP contribution in [-0.4, -0.2) is 47.8 Å². The highest BCUT2D eigenvalue weighted by Gasteiger charge is 2.25. The van der Waals surface area contributed by atoms with Gasteiger partial charge in [0.05, 0.1) is 19.3 Å². The molecule has 0 radical (unpaired) electrons. The lowest BCUT2D eigenvalue weighted by atomic mass is 10.1. The van der Waals surface area contributed by atoms with E-state index in [1.54, 1.807) is 0 Å². The van der Waals surface area contributed by atoms with E-state index in [0.717, 1.165) is 6.54 Å². The Hall–Kier alpha value is -0.810. The van der Waals surface area contributed by atoms with Gasteiger partial charge in [0.15, 0.2) is 5.84 Å². The molecule has 76 valence electrons. The molecule has 0 spiro atoms. The lowest BCUT2D eigenvalue weighted by molar-refractivity contribution is -0.00735. The third kappa shape index (κ3) is 2.32. The Morgan fingerprint density at radius 2 is 2.46 bits per heavy atom. The number of hydrogen-bond donors (Lipinski definition) is 2. The van der Waals surface area contributed by atoms with Crippen LogP contribution in [0.5, 0.6) is 0 Å². The molecule has 1 rings (SSSR count). The maximum absolute atomic E-state index is 8.53. The summed E-state index contributed by atoms with van der Waals surface area (Å²) in [6, 6.07) is 0.299. The highest BCUT2D eigenvalue weighted by Crippen LogP contribution is 2.10. The van der Waals surface area contributed by atoms with Gasteiger partial charge in [0, 0.05) is 12.6 Å². The molecule has 0 aromatic carbocycles. The summed E-state index contributed by atoms with van der Waals surface area (Å²) in [4.78, 5) is 2.17. The highest BCUT2D eigenvalue weighted by atomic mass is 16.5. The summed E-state index contributed by atoms with van der Waals surface area (Å²) in [6.07, 6.45) is 0. The molecule has 0 aromatic heterocycles. The minimum absolute atomic E-state index is 0.0242. The van der Waals surface area contributed by atoms with Gasteiger partial charge in [-0.05, 0) is 13.8 Å². The quantitative estimate of drug-likeness (QED) is 0.273. The average Bonchev–Trinajstić information content (AvgIpc) is 2.16. The van der Waals surface area contributed by atoms with Crippen molar-refractivity contribution in [3.8, 4) is 0 Å². The van der Waals surface area contributed by atoms with E-state index in [2.05, 4.69) is 17.0 Å². The number of amidine groups is 1. The first-order chi connectivity index (χ1) is 6.16. The lowest BCUT2D eigenvalue weighted by Gasteiger charge is -2.37. The fourth-order valence-corrected chi connectivity index (χ4v) is 1.57. The summed E-state index contributed by atoms with van der Waals surface area (Å²) in [5, 5.41) is 11.5. The summed E-state index contributed by atoms with van der Waals surface area (Å²) >= 11 is 0. The van der Waals surface area contributed by atoms with Crippen molar-refractivity contribution in [1.29, 1.82) is 0 Å². The number of nitrogens with two attached hydrogens (primary N) is 1. The fraction of sp³-hybridized carbons (Fsp3) is 0.875. The molecule has 5 heteroatoms. The minimum Gasteiger partial charge on any atom is -0.409 e. The predicted molar refractivity (Wildman–Crippen MR) is 49.9 cm³/mol. The van der Waals surface area contributed by atoms with Crippen molar-refractivity contribution in [3.63, 3.8) is 0 Å². The Morgan fingerprint density at radius 1 is 1.77 bits per heavy atom. The van der Waals surface area contributed by atoms with Crippen LogP contribution in [0.1, 0.15) is 13.8 Å². The second kappa shape index (κ2) is 4.43. The molecule has 0 aromatic rings. The Balaban J connectivity index is 2.58. The first-order valence-electron chi connectivity index (χ1n) is 4.47. The van der Waals surface area contributed by atoms with Gasteiger partial charge in [-0.25, -0.2) is 0 Å². The van der Waals surface area contributed by atoms with E-state index >= 15 is 0 Å². The largest absolute Gasteiger partial charge is 0.409 e. The SMILES string of the molecule is CC1COCCN1C(C)C(N)=NO. The molecule has 0 aliphatic carbocycles. The van der Waals surface area contributed by atoms with Gasteiger partial charge in [-0.15, -0.1) is 0 Å². The normalized spacial score (nSPS) is 28.8. The van der Waals surface area contributed by atoms with Crippen LogP contribution in [0.15, 0.2) is 5.16 Å². The molecule has 3 N–H and O–H groups in total. The number of morpholine rings is 1. The van der Waals surface area contributed by atoms with Gasteiger partial charge in [0.2, 0.25) is 0 Å². The summed E-state index contributed by atoms with van der Waals surface area (Å²) in [5.74, 6) is 0.258. The molecule has 1 aliphatic rings. The molecule has 1 fully saturated rings. The molecule has 0 saturated carbocycles. The van der Waals surface area contributed by atoms with Gasteiger partial charge in [0.1, 0.15) is 0 Å². The molecule has 1 aliphatic heterocycles. The van der Waals surface area contributed by atoms with Crippen molar-refractivity contribution in [3.05, 3.63) is 0 Å². The molecule has 1 heterocycles. The van der Waals surface area contributed by atoms with Crippen LogP contribution in [0.2, 0.25) is 0 Å². The smallest absolute Gasteiger partial charge is 0.156 e. The van der Waals surface area contributed by atoms with Crippen molar-refractivity contribution in [2.24, 2.45) is 10.9 Å². The second-order valence-electron chi connectivity index (χ2n) is 3.36. The zero-order chi connectivity index (χ0) is 9.84. The number of oxime groups is 1. The molecule has 13 heavy (non-hydrogen) atoms. The van der Waals surface area contributed by atoms with Crippen molar-refractivity contribution in [2.75, 3.05) is 19.8 Å². The van der Waals surface area contributed by atoms with Gasteiger partial charge in [-0.1, -0.05) is 5.16 Å². The van der Waals surface area contributed by atoms with Gasteiger partial charge in [-0.2, -0.15) is 0 Å². The van der Waals surface area contributed by atoms with E-state index in [1.807, 2.05) is 6.92 Å². The van der Waals surface area contributed by atoms with E-state index in [4.69, 9.17) is 15.7 Å². The zero-order valence-corrected chi connectivity index (χ0v) is 8.10. The summed E-state index contributed by atoms with van der Waals surface area (Å²) in [5.41, 5.74) is 5.53. The summed E-state index contributed by atoms with van der Waals surface area (Å²) in [6.45, 7) is 6.26. The Bertz CT molecular complexity index is 196. The molecular weight excluding hydrogens is 170 g/mol. The third-order valence-electron chi connectivity index (χ3n) is 2.46. The molecule has 1 saturated heterocycles. The van der Waals surface area contributed by atoms with E-state index < -0.39 is 0 Å². The Labute approximate surface area is 78.1 Å². The molecule has 2 unspecified atom stereocenters. The highest BCUT2D eigenvalue weighted by molar-refractivity contribution is 5.84. The minimum atomic E-state index is -0.0242. The molecule has 5 nitrogen and oxygen atoms in total. The zero-order valence-electron chi connectivity index (χ0n) is 8.10. The first kappa shape index (κ1) is 10.3. The van der Waals surface area contributed by atoms with Gasteiger partial charge in [-0.3, -0.25) is 4.90 Å². The van der Waals surface area contributed by atoms with Gasteiger partial charge >= 0.3 is 0 Å².